The third-order valence-electron chi connectivity index (χ3n) is 3.07. The minimum atomic E-state index is -0.449. The highest BCUT2D eigenvalue weighted by Crippen LogP contribution is 2.22. The van der Waals surface area contributed by atoms with E-state index in [1.807, 2.05) is 36.5 Å². The Balaban J connectivity index is 1.92. The van der Waals surface area contributed by atoms with Crippen molar-refractivity contribution in [3.63, 3.8) is 0 Å². The van der Waals surface area contributed by atoms with E-state index in [1.165, 1.54) is 17.0 Å². The average Bonchev–Trinajstić information content (AvgIpc) is 2.95. The highest BCUT2D eigenvalue weighted by Gasteiger charge is 2.16. The van der Waals surface area contributed by atoms with Gasteiger partial charge in [-0.2, -0.15) is 0 Å². The van der Waals surface area contributed by atoms with Crippen LogP contribution in [0.3, 0.4) is 0 Å². The molecule has 0 unspecified atom stereocenters. The van der Waals surface area contributed by atoms with Crippen molar-refractivity contribution >= 4 is 23.1 Å². The lowest BCUT2D eigenvalue weighted by atomic mass is 10.2. The van der Waals surface area contributed by atoms with Crippen LogP contribution in [0, 0.1) is 5.82 Å². The Morgan fingerprint density at radius 3 is 2.67 bits per heavy atom. The number of carbonyl (C=O) groups is 1. The molecule has 0 aliphatic rings. The first-order valence-corrected chi connectivity index (χ1v) is 7.45. The average molecular weight is 307 g/mol. The summed E-state index contributed by atoms with van der Waals surface area (Å²) in [6.45, 7) is 0.452. The van der Waals surface area contributed by atoms with Crippen LogP contribution in [0.1, 0.15) is 10.9 Å². The maximum Gasteiger partial charge on any atom is 0.319 e. The quantitative estimate of drug-likeness (QED) is 0.890. The van der Waals surface area contributed by atoms with Gasteiger partial charge in [0.2, 0.25) is 0 Å². The van der Waals surface area contributed by atoms with Crippen LogP contribution in [0.5, 0.6) is 0 Å². The fourth-order valence-electron chi connectivity index (χ4n) is 1.94. The number of halogens is 1. The second-order valence-corrected chi connectivity index (χ2v) is 5.79. The normalized spacial score (nSPS) is 12.2. The van der Waals surface area contributed by atoms with Crippen LogP contribution in [0.15, 0.2) is 41.8 Å². The van der Waals surface area contributed by atoms with E-state index in [-0.39, 0.29) is 11.7 Å². The van der Waals surface area contributed by atoms with Crippen molar-refractivity contribution in [3.05, 3.63) is 52.5 Å². The molecule has 0 aliphatic heterocycles. The number of likely N-dealkylation sites (N-methyl/N-ethyl adjacent to an activating group) is 1. The summed E-state index contributed by atoms with van der Waals surface area (Å²) < 4.78 is 13.5. The smallest absolute Gasteiger partial charge is 0.319 e. The molecule has 1 aromatic heterocycles. The molecular formula is C15H18FN3OS. The van der Waals surface area contributed by atoms with E-state index in [0.29, 0.717) is 6.54 Å². The van der Waals surface area contributed by atoms with Gasteiger partial charge >= 0.3 is 6.03 Å². The molecule has 1 aromatic carbocycles. The molecule has 0 aliphatic carbocycles. The second kappa shape index (κ2) is 7.19. The van der Waals surface area contributed by atoms with Gasteiger partial charge in [-0.25, -0.2) is 9.18 Å². The van der Waals surface area contributed by atoms with Gasteiger partial charge in [0.25, 0.3) is 0 Å². The molecule has 0 fully saturated rings. The largest absolute Gasteiger partial charge is 0.336 e. The molecule has 2 aromatic rings. The van der Waals surface area contributed by atoms with Crippen LogP contribution in [-0.4, -0.2) is 31.6 Å². The number of anilines is 1. The van der Waals surface area contributed by atoms with E-state index in [2.05, 4.69) is 10.6 Å². The fourth-order valence-corrected chi connectivity index (χ4v) is 2.86. The molecule has 21 heavy (non-hydrogen) atoms. The molecule has 0 saturated carbocycles. The number of nitrogens with zero attached hydrogens (tertiary/aromatic N) is 1. The first kappa shape index (κ1) is 15.5. The topological polar surface area (TPSA) is 44.4 Å². The van der Waals surface area contributed by atoms with E-state index in [0.717, 1.165) is 0 Å². The van der Waals surface area contributed by atoms with Crippen molar-refractivity contribution in [3.8, 4) is 0 Å². The van der Waals surface area contributed by atoms with Crippen LogP contribution >= 0.6 is 11.3 Å². The van der Waals surface area contributed by atoms with E-state index in [4.69, 9.17) is 0 Å². The number of nitrogens with one attached hydrogen (secondary N) is 2. The summed E-state index contributed by atoms with van der Waals surface area (Å²) in [5, 5.41) is 7.29. The van der Waals surface area contributed by atoms with Gasteiger partial charge in [-0.3, -0.25) is 0 Å². The molecule has 0 radical (unpaired) electrons. The monoisotopic (exact) mass is 307 g/mol. The van der Waals surface area contributed by atoms with E-state index >= 15 is 0 Å². The van der Waals surface area contributed by atoms with Crippen molar-refractivity contribution in [2.45, 2.75) is 6.04 Å². The van der Waals surface area contributed by atoms with Crippen molar-refractivity contribution in [1.29, 1.82) is 0 Å². The van der Waals surface area contributed by atoms with Gasteiger partial charge in [0.05, 0.1) is 11.7 Å². The Morgan fingerprint density at radius 1 is 1.29 bits per heavy atom. The van der Waals surface area contributed by atoms with Crippen LogP contribution in [-0.2, 0) is 0 Å². The number of hydrogen-bond acceptors (Lipinski definition) is 3. The molecule has 4 nitrogen and oxygen atoms in total. The number of benzene rings is 1. The number of carbonyl (C=O) groups excluding carboxylic acids is 1. The lowest BCUT2D eigenvalue weighted by Crippen LogP contribution is -2.36. The summed E-state index contributed by atoms with van der Waals surface area (Å²) in [5.74, 6) is -0.449. The Kier molecular flexibility index (Phi) is 5.30. The summed E-state index contributed by atoms with van der Waals surface area (Å²) in [4.78, 5) is 15.1. The number of hydrogen-bond donors (Lipinski definition) is 2. The third-order valence-corrected chi connectivity index (χ3v) is 4.05. The van der Waals surface area contributed by atoms with E-state index in [9.17, 15) is 9.18 Å². The molecule has 112 valence electrons. The minimum absolute atomic E-state index is 0.0939. The fraction of sp³-hybridized carbons (Fsp3) is 0.267. The van der Waals surface area contributed by atoms with E-state index < -0.39 is 11.8 Å². The lowest BCUT2D eigenvalue weighted by Gasteiger charge is -2.23. The predicted octanol–water partition coefficient (Wildman–Crippen LogP) is 3.31. The van der Waals surface area contributed by atoms with Gasteiger partial charge in [-0.15, -0.1) is 11.3 Å². The zero-order valence-electron chi connectivity index (χ0n) is 12.0. The maximum absolute atomic E-state index is 13.5. The summed E-state index contributed by atoms with van der Waals surface area (Å²) in [6.07, 6.45) is 0. The Hall–Kier alpha value is -1.92. The summed E-state index contributed by atoms with van der Waals surface area (Å²) >= 11 is 1.64. The lowest BCUT2D eigenvalue weighted by molar-refractivity contribution is 0.244. The highest BCUT2D eigenvalue weighted by molar-refractivity contribution is 7.10. The molecule has 2 rings (SSSR count). The van der Waals surface area contributed by atoms with Crippen molar-refractivity contribution in [2.24, 2.45) is 0 Å². The standard InChI is InChI=1S/C15H18FN3OS/c1-19(2)13(14-8-5-9-21-14)10-17-15(20)18-12-7-4-3-6-11(12)16/h3-9,13H,10H2,1-2H3,(H2,17,18,20)/t13-/m1/s1. The maximum atomic E-state index is 13.5. The molecule has 2 amide bonds. The van der Waals surface area contributed by atoms with Crippen LogP contribution in [0.4, 0.5) is 14.9 Å². The van der Waals surface area contributed by atoms with Gasteiger partial charge in [0, 0.05) is 11.4 Å². The van der Waals surface area contributed by atoms with Gasteiger partial charge in [0.1, 0.15) is 5.82 Å². The van der Waals surface area contributed by atoms with Crippen molar-refractivity contribution < 1.29 is 9.18 Å². The first-order chi connectivity index (χ1) is 10.1. The second-order valence-electron chi connectivity index (χ2n) is 4.81. The minimum Gasteiger partial charge on any atom is -0.336 e. The SMILES string of the molecule is CN(C)[C@H](CNC(=O)Nc1ccccc1F)c1cccs1. The first-order valence-electron chi connectivity index (χ1n) is 6.57. The number of urea groups is 1. The molecule has 6 heteroatoms. The summed E-state index contributed by atoms with van der Waals surface area (Å²) in [6, 6.07) is 9.79. The molecule has 2 N–H and O–H groups in total. The molecule has 1 heterocycles. The summed E-state index contributed by atoms with van der Waals surface area (Å²) in [5.41, 5.74) is 0.174. The van der Waals surface area contributed by atoms with Crippen molar-refractivity contribution in [2.75, 3.05) is 26.0 Å². The summed E-state index contributed by atoms with van der Waals surface area (Å²) in [7, 11) is 3.92. The zero-order chi connectivity index (χ0) is 15.2. The van der Waals surface area contributed by atoms with E-state index in [1.54, 1.807) is 23.5 Å². The van der Waals surface area contributed by atoms with Gasteiger partial charge < -0.3 is 15.5 Å². The Morgan fingerprint density at radius 2 is 2.05 bits per heavy atom. The zero-order valence-corrected chi connectivity index (χ0v) is 12.8. The molecule has 1 atom stereocenters. The third kappa shape index (κ3) is 4.27. The Labute approximate surface area is 127 Å². The highest BCUT2D eigenvalue weighted by atomic mass is 32.1. The van der Waals surface area contributed by atoms with Crippen molar-refractivity contribution in [1.82, 2.24) is 10.2 Å². The number of thiophene rings is 1. The number of amides is 2. The van der Waals surface area contributed by atoms with Gasteiger partial charge in [0.15, 0.2) is 0 Å². The predicted molar refractivity (Wildman–Crippen MR) is 84.2 cm³/mol. The molecule has 0 saturated heterocycles. The number of para-hydroxylation sites is 1. The Bertz CT molecular complexity index is 586. The molecule has 0 bridgehead atoms. The molecule has 0 spiro atoms. The van der Waals surface area contributed by atoms with Gasteiger partial charge in [-0.1, -0.05) is 18.2 Å². The molecular weight excluding hydrogens is 289 g/mol. The van der Waals surface area contributed by atoms with Crippen LogP contribution in [0.2, 0.25) is 0 Å². The van der Waals surface area contributed by atoms with Crippen LogP contribution < -0.4 is 10.6 Å². The van der Waals surface area contributed by atoms with Gasteiger partial charge in [-0.05, 0) is 37.7 Å². The van der Waals surface area contributed by atoms with Crippen LogP contribution in [0.25, 0.3) is 0 Å². The number of rotatable bonds is 5.